The van der Waals surface area contributed by atoms with Gasteiger partial charge in [0.25, 0.3) is 0 Å². The minimum absolute atomic E-state index is 0.128. The minimum Gasteiger partial charge on any atom is -0.494 e. The van der Waals surface area contributed by atoms with Crippen LogP contribution in [0.2, 0.25) is 0 Å². The molecule has 0 radical (unpaired) electrons. The molecule has 29 heavy (non-hydrogen) atoms. The van der Waals surface area contributed by atoms with E-state index in [0.29, 0.717) is 11.7 Å². The van der Waals surface area contributed by atoms with Crippen molar-refractivity contribution in [2.75, 3.05) is 39.3 Å². The molecule has 0 spiro atoms. The molecule has 0 bridgehead atoms. The smallest absolute Gasteiger partial charge is 0.244 e. The lowest BCUT2D eigenvalue weighted by atomic mass is 10.2. The second kappa shape index (κ2) is 9.67. The Bertz CT molecular complexity index is 861. The summed E-state index contributed by atoms with van der Waals surface area (Å²) in [4.78, 5) is 9.53. The maximum Gasteiger partial charge on any atom is 0.244 e. The highest BCUT2D eigenvalue weighted by Gasteiger charge is 2.25. The van der Waals surface area contributed by atoms with E-state index < -0.39 is 0 Å². The number of piperazine rings is 1. The number of ether oxygens (including phenoxy) is 1. The van der Waals surface area contributed by atoms with Gasteiger partial charge in [0, 0.05) is 38.3 Å². The molecule has 1 aliphatic heterocycles. The molecule has 2 aromatic carbocycles. The molecule has 4 rings (SSSR count). The van der Waals surface area contributed by atoms with E-state index in [1.165, 1.54) is 0 Å². The third kappa shape index (κ3) is 5.22. The first-order valence-electron chi connectivity index (χ1n) is 10.3. The van der Waals surface area contributed by atoms with Gasteiger partial charge in [-0.15, -0.1) is 0 Å². The van der Waals surface area contributed by atoms with Gasteiger partial charge in [-0.1, -0.05) is 53.7 Å². The Morgan fingerprint density at radius 2 is 1.66 bits per heavy atom. The predicted octanol–water partition coefficient (Wildman–Crippen LogP) is 3.88. The van der Waals surface area contributed by atoms with Crippen molar-refractivity contribution in [2.45, 2.75) is 19.4 Å². The second-order valence-electron chi connectivity index (χ2n) is 7.39. The number of hydrogen-bond donors (Lipinski definition) is 0. The molecule has 1 saturated heterocycles. The van der Waals surface area contributed by atoms with Gasteiger partial charge >= 0.3 is 0 Å². The standard InChI is InChI=1S/C23H28N4O2/c1-19(23-24-22(25-29-23)20-9-4-2-5-10-20)27-16-14-26(15-17-27)13-8-18-28-21-11-6-3-7-12-21/h2-7,9-12,19H,8,13-18H2,1H3. The van der Waals surface area contributed by atoms with Gasteiger partial charge in [0.1, 0.15) is 5.75 Å². The van der Waals surface area contributed by atoms with Gasteiger partial charge in [-0.3, -0.25) is 4.90 Å². The molecular weight excluding hydrogens is 364 g/mol. The fraction of sp³-hybridized carbons (Fsp3) is 0.391. The maximum absolute atomic E-state index is 5.79. The summed E-state index contributed by atoms with van der Waals surface area (Å²) in [7, 11) is 0. The van der Waals surface area contributed by atoms with Gasteiger partial charge < -0.3 is 14.2 Å². The lowest BCUT2D eigenvalue weighted by Crippen LogP contribution is -2.47. The Hall–Kier alpha value is -2.70. The highest BCUT2D eigenvalue weighted by molar-refractivity contribution is 5.53. The second-order valence-corrected chi connectivity index (χ2v) is 7.39. The number of benzene rings is 2. The van der Waals surface area contributed by atoms with Crippen molar-refractivity contribution < 1.29 is 9.26 Å². The summed E-state index contributed by atoms with van der Waals surface area (Å²) in [6, 6.07) is 20.1. The molecule has 0 aliphatic carbocycles. The van der Waals surface area contributed by atoms with Crippen LogP contribution in [0, 0.1) is 0 Å². The summed E-state index contributed by atoms with van der Waals surface area (Å²) in [6.07, 6.45) is 1.04. The van der Waals surface area contributed by atoms with Gasteiger partial charge in [-0.05, 0) is 25.5 Å². The fourth-order valence-electron chi connectivity index (χ4n) is 3.63. The van der Waals surface area contributed by atoms with E-state index in [0.717, 1.165) is 57.1 Å². The Balaban J connectivity index is 1.21. The van der Waals surface area contributed by atoms with Crippen LogP contribution in [0.3, 0.4) is 0 Å². The third-order valence-electron chi connectivity index (χ3n) is 5.42. The molecule has 3 aromatic rings. The average molecular weight is 393 g/mol. The van der Waals surface area contributed by atoms with Gasteiger partial charge in [0.15, 0.2) is 0 Å². The highest BCUT2D eigenvalue weighted by Crippen LogP contribution is 2.23. The van der Waals surface area contributed by atoms with Crippen molar-refractivity contribution in [3.05, 3.63) is 66.6 Å². The van der Waals surface area contributed by atoms with Crippen LogP contribution in [-0.2, 0) is 0 Å². The largest absolute Gasteiger partial charge is 0.494 e. The van der Waals surface area contributed by atoms with Gasteiger partial charge in [-0.2, -0.15) is 4.98 Å². The lowest BCUT2D eigenvalue weighted by Gasteiger charge is -2.36. The van der Waals surface area contributed by atoms with Crippen LogP contribution in [0.1, 0.15) is 25.3 Å². The van der Waals surface area contributed by atoms with Gasteiger partial charge in [0.05, 0.1) is 12.6 Å². The van der Waals surface area contributed by atoms with Crippen LogP contribution < -0.4 is 4.74 Å². The average Bonchev–Trinajstić information content (AvgIpc) is 3.28. The molecule has 0 N–H and O–H groups in total. The van der Waals surface area contributed by atoms with E-state index in [1.54, 1.807) is 0 Å². The van der Waals surface area contributed by atoms with Crippen molar-refractivity contribution in [3.63, 3.8) is 0 Å². The normalized spacial score (nSPS) is 16.6. The predicted molar refractivity (Wildman–Crippen MR) is 113 cm³/mol. The van der Waals surface area contributed by atoms with Crippen LogP contribution in [0.15, 0.2) is 65.2 Å². The molecule has 0 amide bonds. The zero-order chi connectivity index (χ0) is 19.9. The Kier molecular flexibility index (Phi) is 6.54. The highest BCUT2D eigenvalue weighted by atomic mass is 16.5. The van der Waals surface area contributed by atoms with E-state index in [-0.39, 0.29) is 6.04 Å². The van der Waals surface area contributed by atoms with E-state index >= 15 is 0 Å². The molecule has 2 heterocycles. The molecule has 1 aromatic heterocycles. The SMILES string of the molecule is CC(c1nc(-c2ccccc2)no1)N1CCN(CCCOc2ccccc2)CC1. The summed E-state index contributed by atoms with van der Waals surface area (Å²) >= 11 is 0. The maximum atomic E-state index is 5.79. The van der Waals surface area contributed by atoms with E-state index in [9.17, 15) is 0 Å². The minimum atomic E-state index is 0.128. The summed E-state index contributed by atoms with van der Waals surface area (Å²) < 4.78 is 11.3. The van der Waals surface area contributed by atoms with Crippen LogP contribution >= 0.6 is 0 Å². The summed E-state index contributed by atoms with van der Waals surface area (Å²) in [5.41, 5.74) is 0.984. The van der Waals surface area contributed by atoms with E-state index in [1.807, 2.05) is 60.7 Å². The first-order valence-corrected chi connectivity index (χ1v) is 10.3. The first kappa shape index (κ1) is 19.6. The number of hydrogen-bond acceptors (Lipinski definition) is 6. The van der Waals surface area contributed by atoms with Crippen molar-refractivity contribution in [1.29, 1.82) is 0 Å². The van der Waals surface area contributed by atoms with E-state index in [2.05, 4.69) is 26.9 Å². The van der Waals surface area contributed by atoms with Crippen LogP contribution in [-0.4, -0.2) is 59.3 Å². The summed E-state index contributed by atoms with van der Waals surface area (Å²) in [6.45, 7) is 8.07. The molecule has 6 heteroatoms. The van der Waals surface area contributed by atoms with Gasteiger partial charge in [-0.25, -0.2) is 0 Å². The van der Waals surface area contributed by atoms with Crippen LogP contribution in [0.25, 0.3) is 11.4 Å². The number of rotatable bonds is 8. The molecule has 1 unspecified atom stereocenters. The Morgan fingerprint density at radius 1 is 0.966 bits per heavy atom. The van der Waals surface area contributed by atoms with Crippen molar-refractivity contribution in [1.82, 2.24) is 19.9 Å². The van der Waals surface area contributed by atoms with E-state index in [4.69, 9.17) is 9.26 Å². The van der Waals surface area contributed by atoms with Crippen molar-refractivity contribution in [3.8, 4) is 17.1 Å². The first-order chi connectivity index (χ1) is 14.3. The van der Waals surface area contributed by atoms with Crippen LogP contribution in [0.5, 0.6) is 5.75 Å². The molecular formula is C23H28N4O2. The zero-order valence-corrected chi connectivity index (χ0v) is 16.9. The quantitative estimate of drug-likeness (QED) is 0.542. The molecule has 1 fully saturated rings. The summed E-state index contributed by atoms with van der Waals surface area (Å²) in [5, 5.41) is 4.16. The van der Waals surface area contributed by atoms with Crippen molar-refractivity contribution >= 4 is 0 Å². The molecule has 1 aliphatic rings. The molecule has 1 atom stereocenters. The Labute approximate surface area is 172 Å². The summed E-state index contributed by atoms with van der Waals surface area (Å²) in [5.74, 6) is 2.29. The van der Waals surface area contributed by atoms with Gasteiger partial charge in [0.2, 0.25) is 11.7 Å². The Morgan fingerprint density at radius 3 is 2.38 bits per heavy atom. The molecule has 0 saturated carbocycles. The third-order valence-corrected chi connectivity index (χ3v) is 5.42. The molecule has 6 nitrogen and oxygen atoms in total. The topological polar surface area (TPSA) is 54.6 Å². The van der Waals surface area contributed by atoms with Crippen LogP contribution in [0.4, 0.5) is 0 Å². The lowest BCUT2D eigenvalue weighted by molar-refractivity contribution is 0.0852. The fourth-order valence-corrected chi connectivity index (χ4v) is 3.63. The number of aromatic nitrogens is 2. The van der Waals surface area contributed by atoms with Crippen molar-refractivity contribution in [2.24, 2.45) is 0 Å². The number of nitrogens with zero attached hydrogens (tertiary/aromatic N) is 4. The number of para-hydroxylation sites is 1. The molecule has 152 valence electrons. The zero-order valence-electron chi connectivity index (χ0n) is 16.9. The monoisotopic (exact) mass is 392 g/mol.